The number of likely N-dealkylation sites (N-methyl/N-ethyl adjacent to an activating group) is 1. The second-order valence-electron chi connectivity index (χ2n) is 8.10. The Kier molecular flexibility index (Phi) is 9.03. The van der Waals surface area contributed by atoms with Crippen LogP contribution in [0.1, 0.15) is 20.7 Å². The second-order valence-corrected chi connectivity index (χ2v) is 10.0. The van der Waals surface area contributed by atoms with Gasteiger partial charge in [0.05, 0.1) is 23.1 Å². The maximum Gasteiger partial charge on any atom is 0.490 e. The lowest BCUT2D eigenvalue weighted by atomic mass is 10.1. The number of amides is 2. The summed E-state index contributed by atoms with van der Waals surface area (Å²) in [6.07, 6.45) is -3.99. The van der Waals surface area contributed by atoms with Gasteiger partial charge in [0.2, 0.25) is 10.0 Å². The van der Waals surface area contributed by atoms with Crippen LogP contribution in [0.25, 0.3) is 0 Å². The van der Waals surface area contributed by atoms with Crippen LogP contribution in [0.15, 0.2) is 18.2 Å². The van der Waals surface area contributed by atoms with Crippen molar-refractivity contribution < 1.29 is 51.0 Å². The van der Waals surface area contributed by atoms with E-state index in [1.807, 2.05) is 7.05 Å². The van der Waals surface area contributed by atoms with E-state index in [9.17, 15) is 36.0 Å². The first-order chi connectivity index (χ1) is 16.5. The maximum absolute atomic E-state index is 12.5. The summed E-state index contributed by atoms with van der Waals surface area (Å²) < 4.78 is 57.7. The molecule has 2 heterocycles. The van der Waals surface area contributed by atoms with Crippen LogP contribution < -0.4 is 4.31 Å². The van der Waals surface area contributed by atoms with E-state index in [0.29, 0.717) is 11.4 Å². The van der Waals surface area contributed by atoms with Crippen LogP contribution in [0, 0.1) is 0 Å². The number of alkyl halides is 3. The fraction of sp³-hybridized carbons (Fsp3) is 0.500. The van der Waals surface area contributed by atoms with Gasteiger partial charge in [-0.3, -0.25) is 28.5 Å². The molecule has 1 fully saturated rings. The average Bonchev–Trinajstić information content (AvgIpc) is 2.98. The Morgan fingerprint density at radius 3 is 2.03 bits per heavy atom. The molecule has 2 amide bonds. The Morgan fingerprint density at radius 2 is 1.56 bits per heavy atom. The monoisotopic (exact) mass is 538 g/mol. The number of halogens is 3. The molecule has 0 aromatic heterocycles. The molecule has 0 bridgehead atoms. The Balaban J connectivity index is 0.000000572. The van der Waals surface area contributed by atoms with Gasteiger partial charge in [-0.1, -0.05) is 0 Å². The summed E-state index contributed by atoms with van der Waals surface area (Å²) in [5.41, 5.74) is 0.369. The minimum atomic E-state index is -5.08. The number of imide groups is 1. The quantitative estimate of drug-likeness (QED) is 0.454. The summed E-state index contributed by atoms with van der Waals surface area (Å²) in [6, 6.07) is 4.20. The Hall–Kier alpha value is -3.24. The number of carboxylic acid groups (broad SMARTS) is 2. The van der Waals surface area contributed by atoms with Crippen molar-refractivity contribution in [1.82, 2.24) is 14.7 Å². The predicted molar refractivity (Wildman–Crippen MR) is 119 cm³/mol. The number of hydrogen-bond acceptors (Lipinski definition) is 8. The van der Waals surface area contributed by atoms with Crippen molar-refractivity contribution >= 4 is 39.5 Å². The van der Waals surface area contributed by atoms with Crippen molar-refractivity contribution in [3.8, 4) is 0 Å². The summed E-state index contributed by atoms with van der Waals surface area (Å²) in [6.45, 7) is 3.52. The van der Waals surface area contributed by atoms with Gasteiger partial charge in [-0.05, 0) is 25.2 Å². The number of carbonyl (C=O) groups is 4. The third-order valence-electron chi connectivity index (χ3n) is 5.39. The van der Waals surface area contributed by atoms with Crippen LogP contribution in [0.4, 0.5) is 18.9 Å². The smallest absolute Gasteiger partial charge is 0.480 e. The topological polar surface area (TPSA) is 156 Å². The van der Waals surface area contributed by atoms with E-state index in [0.717, 1.165) is 32.4 Å². The van der Waals surface area contributed by atoms with Crippen molar-refractivity contribution in [1.29, 1.82) is 0 Å². The fourth-order valence-corrected chi connectivity index (χ4v) is 4.41. The van der Waals surface area contributed by atoms with Crippen LogP contribution >= 0.6 is 0 Å². The maximum atomic E-state index is 12.5. The van der Waals surface area contributed by atoms with Gasteiger partial charge in [-0.15, -0.1) is 0 Å². The molecule has 0 atom stereocenters. The molecular weight excluding hydrogens is 513 g/mol. The number of carbonyl (C=O) groups excluding carboxylic acids is 2. The number of piperazine rings is 1. The minimum Gasteiger partial charge on any atom is -0.480 e. The average molecular weight is 539 g/mol. The lowest BCUT2D eigenvalue weighted by Crippen LogP contribution is -2.47. The lowest BCUT2D eigenvalue weighted by molar-refractivity contribution is -0.192. The van der Waals surface area contributed by atoms with Crippen LogP contribution in [0.5, 0.6) is 0 Å². The van der Waals surface area contributed by atoms with Gasteiger partial charge in [0, 0.05) is 39.3 Å². The summed E-state index contributed by atoms with van der Waals surface area (Å²) in [5.74, 6) is -5.48. The van der Waals surface area contributed by atoms with Crippen LogP contribution in [-0.2, 0) is 19.6 Å². The third-order valence-corrected chi connectivity index (χ3v) is 6.59. The molecule has 2 N–H and O–H groups in total. The minimum absolute atomic E-state index is 0.0157. The van der Waals surface area contributed by atoms with Gasteiger partial charge in [0.15, 0.2) is 0 Å². The van der Waals surface area contributed by atoms with Gasteiger partial charge in [-0.2, -0.15) is 13.2 Å². The number of aliphatic carboxylic acids is 2. The molecule has 2 aliphatic heterocycles. The highest BCUT2D eigenvalue weighted by Gasteiger charge is 2.38. The standard InChI is InChI=1S/C18H24N4O6S.C2HF3O2/c1-19-5-7-20(8-6-19)9-10-22(29(2,27)28)13-3-4-14-15(11-13)18(26)21(17(14)25)12-16(23)24;3-2(4,5)1(6)7/h3-4,11H,5-10,12H2,1-2H3,(H,23,24);(H,6,7). The molecule has 12 nitrogen and oxygen atoms in total. The first kappa shape index (κ1) is 29.0. The van der Waals surface area contributed by atoms with Crippen LogP contribution in [-0.4, -0.2) is 122 Å². The molecular formula is C20H25F3N4O8S. The first-order valence-electron chi connectivity index (χ1n) is 10.4. The van der Waals surface area contributed by atoms with Crippen molar-refractivity contribution in [2.45, 2.75) is 6.18 Å². The lowest BCUT2D eigenvalue weighted by Gasteiger charge is -2.34. The normalized spacial score (nSPS) is 16.9. The SMILES string of the molecule is CN1CCN(CCN(c2ccc3c(c2)C(=O)N(CC(=O)O)C3=O)S(C)(=O)=O)CC1.O=C(O)C(F)(F)F. The highest BCUT2D eigenvalue weighted by Crippen LogP contribution is 2.28. The molecule has 200 valence electrons. The van der Waals surface area contributed by atoms with Gasteiger partial charge in [-0.25, -0.2) is 13.2 Å². The summed E-state index contributed by atoms with van der Waals surface area (Å²) >= 11 is 0. The Bertz CT molecular complexity index is 1130. The molecule has 0 spiro atoms. The Morgan fingerprint density at radius 1 is 1.03 bits per heavy atom. The molecule has 36 heavy (non-hydrogen) atoms. The van der Waals surface area contributed by atoms with E-state index in [-0.39, 0.29) is 23.4 Å². The number of anilines is 1. The molecule has 1 aromatic rings. The number of carboxylic acids is 2. The molecule has 0 aliphatic carbocycles. The molecule has 0 unspecified atom stereocenters. The highest BCUT2D eigenvalue weighted by molar-refractivity contribution is 7.92. The van der Waals surface area contributed by atoms with Gasteiger partial charge in [0.25, 0.3) is 11.8 Å². The number of sulfonamides is 1. The number of fused-ring (bicyclic) bond motifs is 1. The molecule has 0 saturated carbocycles. The van der Waals surface area contributed by atoms with E-state index >= 15 is 0 Å². The van der Waals surface area contributed by atoms with Crippen LogP contribution in [0.2, 0.25) is 0 Å². The summed E-state index contributed by atoms with van der Waals surface area (Å²) in [5, 5.41) is 16.0. The molecule has 2 aliphatic rings. The van der Waals surface area contributed by atoms with Crippen LogP contribution in [0.3, 0.4) is 0 Å². The zero-order valence-electron chi connectivity index (χ0n) is 19.4. The fourth-order valence-electron chi connectivity index (χ4n) is 3.50. The number of benzene rings is 1. The van der Waals surface area contributed by atoms with Crippen molar-refractivity contribution in [3.63, 3.8) is 0 Å². The second kappa shape index (κ2) is 11.2. The first-order valence-corrected chi connectivity index (χ1v) is 12.3. The van der Waals surface area contributed by atoms with E-state index in [4.69, 9.17) is 15.0 Å². The largest absolute Gasteiger partial charge is 0.490 e. The Labute approximate surface area is 204 Å². The van der Waals surface area contributed by atoms with Gasteiger partial charge >= 0.3 is 18.1 Å². The highest BCUT2D eigenvalue weighted by atomic mass is 32.2. The zero-order valence-corrected chi connectivity index (χ0v) is 20.2. The van der Waals surface area contributed by atoms with E-state index in [1.165, 1.54) is 22.5 Å². The predicted octanol–water partition coefficient (Wildman–Crippen LogP) is 0.0139. The zero-order chi connectivity index (χ0) is 27.4. The van der Waals surface area contributed by atoms with Gasteiger partial charge < -0.3 is 15.1 Å². The molecule has 1 aromatic carbocycles. The van der Waals surface area contributed by atoms with E-state index in [2.05, 4.69) is 9.80 Å². The van der Waals surface area contributed by atoms with Crippen molar-refractivity contribution in [2.24, 2.45) is 0 Å². The number of rotatable bonds is 7. The van der Waals surface area contributed by atoms with Crippen molar-refractivity contribution in [3.05, 3.63) is 29.3 Å². The molecule has 16 heteroatoms. The summed E-state index contributed by atoms with van der Waals surface area (Å²) in [4.78, 5) is 49.6. The number of hydrogen-bond donors (Lipinski definition) is 2. The number of nitrogens with zero attached hydrogens (tertiary/aromatic N) is 4. The third kappa shape index (κ3) is 7.38. The van der Waals surface area contributed by atoms with E-state index in [1.54, 1.807) is 0 Å². The van der Waals surface area contributed by atoms with E-state index < -0.39 is 46.5 Å². The van der Waals surface area contributed by atoms with Gasteiger partial charge in [0.1, 0.15) is 6.54 Å². The molecule has 3 rings (SSSR count). The van der Waals surface area contributed by atoms with Crippen molar-refractivity contribution in [2.75, 3.05) is 63.4 Å². The summed E-state index contributed by atoms with van der Waals surface area (Å²) in [7, 11) is -1.58. The molecule has 1 saturated heterocycles. The molecule has 0 radical (unpaired) electrons.